The highest BCUT2D eigenvalue weighted by Crippen LogP contribution is 2.31. The summed E-state index contributed by atoms with van der Waals surface area (Å²) in [4.78, 5) is 0. The maximum Gasteiger partial charge on any atom is 0.207 e. The lowest BCUT2D eigenvalue weighted by atomic mass is 10.1. The van der Waals surface area contributed by atoms with Gasteiger partial charge in [0.2, 0.25) is 5.76 Å². The van der Waals surface area contributed by atoms with E-state index in [0.717, 1.165) is 0 Å². The van der Waals surface area contributed by atoms with E-state index in [0.29, 0.717) is 21.0 Å². The van der Waals surface area contributed by atoms with Crippen LogP contribution in [0.15, 0.2) is 21.0 Å². The number of benzene rings is 1. The molecule has 2 nitrogen and oxygen atoms in total. The molecule has 0 N–H and O–H groups in total. The minimum absolute atomic E-state index is 0.228. The molecule has 0 unspecified atom stereocenters. The summed E-state index contributed by atoms with van der Waals surface area (Å²) < 4.78 is 18.8. The number of nitriles is 1. The average Bonchev–Trinajstić information content (AvgIpc) is 2.44. The van der Waals surface area contributed by atoms with Gasteiger partial charge in [-0.1, -0.05) is 0 Å². The van der Waals surface area contributed by atoms with E-state index in [1.54, 1.807) is 6.92 Å². The normalized spacial score (nSPS) is 10.4. The predicted octanol–water partition coefficient (Wildman–Crippen LogP) is 3.51. The molecule has 2 rings (SSSR count). The Labute approximate surface area is 88.1 Å². The van der Waals surface area contributed by atoms with E-state index in [-0.39, 0.29) is 11.6 Å². The Morgan fingerprint density at radius 1 is 1.50 bits per heavy atom. The van der Waals surface area contributed by atoms with E-state index >= 15 is 0 Å². The molecule has 0 aliphatic heterocycles. The molecule has 1 aromatic heterocycles. The smallest absolute Gasteiger partial charge is 0.207 e. The minimum Gasteiger partial charge on any atom is -0.444 e. The van der Waals surface area contributed by atoms with Crippen LogP contribution in [-0.2, 0) is 0 Å². The first-order chi connectivity index (χ1) is 6.63. The second-order valence-corrected chi connectivity index (χ2v) is 3.79. The van der Waals surface area contributed by atoms with E-state index in [4.69, 9.17) is 9.68 Å². The summed E-state index contributed by atoms with van der Waals surface area (Å²) in [7, 11) is 0. The van der Waals surface area contributed by atoms with Crippen molar-refractivity contribution in [3.63, 3.8) is 0 Å². The molecule has 1 aromatic carbocycles. The Morgan fingerprint density at radius 2 is 2.21 bits per heavy atom. The number of furan rings is 1. The topological polar surface area (TPSA) is 36.9 Å². The largest absolute Gasteiger partial charge is 0.444 e. The lowest BCUT2D eigenvalue weighted by molar-refractivity contribution is 0.591. The van der Waals surface area contributed by atoms with Gasteiger partial charge in [0.1, 0.15) is 11.9 Å². The first-order valence-corrected chi connectivity index (χ1v) is 4.71. The van der Waals surface area contributed by atoms with Crippen molar-refractivity contribution in [2.45, 2.75) is 6.92 Å². The fourth-order valence-corrected chi connectivity index (χ4v) is 1.86. The van der Waals surface area contributed by atoms with Gasteiger partial charge in [-0.05, 0) is 35.0 Å². The molecule has 0 saturated heterocycles. The molecule has 1 heterocycles. The lowest BCUT2D eigenvalue weighted by Gasteiger charge is -1.93. The highest BCUT2D eigenvalue weighted by Gasteiger charge is 2.13. The SMILES string of the molecule is Cc1c(C#N)oc2c(Br)cc(F)cc12. The quantitative estimate of drug-likeness (QED) is 0.721. The number of fused-ring (bicyclic) bond motifs is 1. The summed E-state index contributed by atoms with van der Waals surface area (Å²) in [6.07, 6.45) is 0. The Hall–Kier alpha value is -1.34. The van der Waals surface area contributed by atoms with Gasteiger partial charge in [0, 0.05) is 10.9 Å². The van der Waals surface area contributed by atoms with E-state index in [1.807, 2.05) is 6.07 Å². The number of aryl methyl sites for hydroxylation is 1. The minimum atomic E-state index is -0.349. The van der Waals surface area contributed by atoms with Gasteiger partial charge in [-0.15, -0.1) is 0 Å². The fraction of sp³-hybridized carbons (Fsp3) is 0.100. The zero-order valence-electron chi connectivity index (χ0n) is 7.27. The van der Waals surface area contributed by atoms with Crippen LogP contribution in [0.25, 0.3) is 11.0 Å². The molecule has 0 atom stereocenters. The second-order valence-electron chi connectivity index (χ2n) is 2.93. The van der Waals surface area contributed by atoms with Crippen molar-refractivity contribution < 1.29 is 8.81 Å². The number of halogens is 2. The van der Waals surface area contributed by atoms with Crippen molar-refractivity contribution >= 4 is 26.9 Å². The monoisotopic (exact) mass is 253 g/mol. The number of hydrogen-bond acceptors (Lipinski definition) is 2. The maximum absolute atomic E-state index is 13.0. The van der Waals surface area contributed by atoms with Crippen LogP contribution < -0.4 is 0 Å². The number of nitrogens with zero attached hydrogens (tertiary/aromatic N) is 1. The van der Waals surface area contributed by atoms with Crippen molar-refractivity contribution in [2.24, 2.45) is 0 Å². The molecule has 70 valence electrons. The van der Waals surface area contributed by atoms with Crippen LogP contribution in [0.3, 0.4) is 0 Å². The van der Waals surface area contributed by atoms with E-state index in [2.05, 4.69) is 15.9 Å². The summed E-state index contributed by atoms with van der Waals surface area (Å²) in [6, 6.07) is 4.59. The van der Waals surface area contributed by atoms with Crippen LogP contribution in [0.1, 0.15) is 11.3 Å². The number of hydrogen-bond donors (Lipinski definition) is 0. The van der Waals surface area contributed by atoms with Crippen molar-refractivity contribution in [3.05, 3.63) is 33.7 Å². The Balaban J connectivity index is 2.94. The van der Waals surface area contributed by atoms with Crippen LogP contribution in [-0.4, -0.2) is 0 Å². The molecule has 2 aromatic rings. The van der Waals surface area contributed by atoms with Crippen LogP contribution in [0, 0.1) is 24.1 Å². The van der Waals surface area contributed by atoms with Gasteiger partial charge in [0.15, 0.2) is 5.58 Å². The molecule has 0 fully saturated rings. The summed E-state index contributed by atoms with van der Waals surface area (Å²) in [5.74, 6) is -0.121. The molecule has 0 spiro atoms. The molecular formula is C10H5BrFNO. The molecule has 0 aliphatic carbocycles. The third-order valence-corrected chi connectivity index (χ3v) is 2.65. The molecule has 0 saturated carbocycles. The summed E-state index contributed by atoms with van der Waals surface area (Å²) in [5, 5.41) is 9.36. The Bertz CT molecular complexity index is 553. The van der Waals surface area contributed by atoms with Crippen LogP contribution in [0.4, 0.5) is 4.39 Å². The van der Waals surface area contributed by atoms with E-state index in [9.17, 15) is 4.39 Å². The van der Waals surface area contributed by atoms with E-state index < -0.39 is 0 Å². The standard InChI is InChI=1S/C10H5BrFNO/c1-5-7-2-6(12)3-8(11)10(7)14-9(5)4-13/h2-3H,1H3. The van der Waals surface area contributed by atoms with Gasteiger partial charge >= 0.3 is 0 Å². The highest BCUT2D eigenvalue weighted by molar-refractivity contribution is 9.10. The first-order valence-electron chi connectivity index (χ1n) is 3.91. The predicted molar refractivity (Wildman–Crippen MR) is 53.3 cm³/mol. The summed E-state index contributed by atoms with van der Waals surface area (Å²) in [5.41, 5.74) is 1.18. The molecule has 4 heteroatoms. The summed E-state index contributed by atoms with van der Waals surface area (Å²) >= 11 is 3.18. The van der Waals surface area contributed by atoms with E-state index in [1.165, 1.54) is 12.1 Å². The van der Waals surface area contributed by atoms with Crippen molar-refractivity contribution in [1.29, 1.82) is 5.26 Å². The first kappa shape index (κ1) is 9.22. The van der Waals surface area contributed by atoms with Gasteiger partial charge in [-0.3, -0.25) is 0 Å². The zero-order chi connectivity index (χ0) is 10.3. The fourth-order valence-electron chi connectivity index (χ4n) is 1.35. The lowest BCUT2D eigenvalue weighted by Crippen LogP contribution is -1.76. The molecule has 0 bridgehead atoms. The van der Waals surface area contributed by atoms with Gasteiger partial charge in [0.25, 0.3) is 0 Å². The van der Waals surface area contributed by atoms with Crippen molar-refractivity contribution in [2.75, 3.05) is 0 Å². The van der Waals surface area contributed by atoms with Crippen LogP contribution in [0.5, 0.6) is 0 Å². The zero-order valence-corrected chi connectivity index (χ0v) is 8.85. The number of rotatable bonds is 0. The molecule has 0 aliphatic rings. The van der Waals surface area contributed by atoms with Gasteiger partial charge in [-0.2, -0.15) is 5.26 Å². The molecule has 14 heavy (non-hydrogen) atoms. The van der Waals surface area contributed by atoms with Crippen molar-refractivity contribution in [3.8, 4) is 6.07 Å². The second kappa shape index (κ2) is 3.10. The van der Waals surface area contributed by atoms with Crippen LogP contribution in [0.2, 0.25) is 0 Å². The molecule has 0 amide bonds. The average molecular weight is 254 g/mol. The maximum atomic E-state index is 13.0. The third-order valence-electron chi connectivity index (χ3n) is 2.06. The van der Waals surface area contributed by atoms with Gasteiger partial charge < -0.3 is 4.42 Å². The summed E-state index contributed by atoms with van der Waals surface area (Å²) in [6.45, 7) is 1.73. The Kier molecular flexibility index (Phi) is 2.05. The van der Waals surface area contributed by atoms with Crippen molar-refractivity contribution in [1.82, 2.24) is 0 Å². The molecular weight excluding hydrogens is 249 g/mol. The van der Waals surface area contributed by atoms with Gasteiger partial charge in [-0.25, -0.2) is 4.39 Å². The molecule has 0 radical (unpaired) electrons. The van der Waals surface area contributed by atoms with Gasteiger partial charge in [0.05, 0.1) is 4.47 Å². The van der Waals surface area contributed by atoms with Crippen LogP contribution >= 0.6 is 15.9 Å². The third kappa shape index (κ3) is 1.21. The Morgan fingerprint density at radius 3 is 2.86 bits per heavy atom. The highest BCUT2D eigenvalue weighted by atomic mass is 79.9.